The number of carbonyl (C=O) groups is 1. The van der Waals surface area contributed by atoms with Gasteiger partial charge >= 0.3 is 0 Å². The number of amides is 1. The number of nitrogen functional groups attached to an aromatic ring is 1. The first kappa shape index (κ1) is 17.0. The summed E-state index contributed by atoms with van der Waals surface area (Å²) in [5, 5.41) is 14.7. The number of nitrogens with zero attached hydrogens (tertiary/aromatic N) is 2. The molecule has 0 atom stereocenters. The van der Waals surface area contributed by atoms with Crippen LogP contribution in [0.3, 0.4) is 0 Å². The fraction of sp³-hybridized carbons (Fsp3) is 0.412. The van der Waals surface area contributed by atoms with E-state index in [0.29, 0.717) is 24.4 Å². The van der Waals surface area contributed by atoms with Crippen molar-refractivity contribution in [1.29, 1.82) is 0 Å². The molecule has 1 aliphatic carbocycles. The van der Waals surface area contributed by atoms with Gasteiger partial charge in [0.05, 0.1) is 11.6 Å². The zero-order chi connectivity index (χ0) is 17.5. The Morgan fingerprint density at radius 1 is 1.33 bits per heavy atom. The van der Waals surface area contributed by atoms with Crippen molar-refractivity contribution in [2.45, 2.75) is 44.2 Å². The van der Waals surface area contributed by atoms with Gasteiger partial charge in [0.1, 0.15) is 17.1 Å². The van der Waals surface area contributed by atoms with Crippen molar-refractivity contribution in [3.63, 3.8) is 0 Å². The van der Waals surface area contributed by atoms with E-state index in [-0.39, 0.29) is 11.6 Å². The van der Waals surface area contributed by atoms with Gasteiger partial charge in [-0.3, -0.25) is 4.79 Å². The second-order valence-electron chi connectivity index (χ2n) is 6.65. The van der Waals surface area contributed by atoms with Gasteiger partial charge in [-0.25, -0.2) is 4.68 Å². The maximum atomic E-state index is 11.9. The molecule has 1 fully saturated rings. The molecule has 3 rings (SSSR count). The van der Waals surface area contributed by atoms with E-state index in [4.69, 9.17) is 11.5 Å². The van der Waals surface area contributed by atoms with Crippen LogP contribution in [-0.4, -0.2) is 26.4 Å². The number of nitrogens with two attached hydrogens (primary N) is 2. The van der Waals surface area contributed by atoms with Crippen molar-refractivity contribution in [3.8, 4) is 11.3 Å². The summed E-state index contributed by atoms with van der Waals surface area (Å²) in [5.74, 6) is -0.286. The van der Waals surface area contributed by atoms with E-state index in [1.54, 1.807) is 4.68 Å². The SMILES string of the molecule is CC1(O)CCC(n2nc(-c3ccc(Br)cc3)c(C(N)=O)c2N)CC1. The van der Waals surface area contributed by atoms with Gasteiger partial charge in [-0.1, -0.05) is 28.1 Å². The standard InChI is InChI=1S/C17H21BrN4O2/c1-17(24)8-6-12(7-9-17)22-15(19)13(16(20)23)14(21-22)10-2-4-11(18)5-3-10/h2-5,12,24H,6-9,19H2,1H3,(H2,20,23). The number of primary amides is 1. The molecule has 1 amide bonds. The number of rotatable bonds is 3. The lowest BCUT2D eigenvalue weighted by Crippen LogP contribution is -2.32. The van der Waals surface area contributed by atoms with Crippen LogP contribution in [0.4, 0.5) is 5.82 Å². The highest BCUT2D eigenvalue weighted by atomic mass is 79.9. The largest absolute Gasteiger partial charge is 0.390 e. The summed E-state index contributed by atoms with van der Waals surface area (Å²) < 4.78 is 2.64. The van der Waals surface area contributed by atoms with E-state index in [1.807, 2.05) is 31.2 Å². The Balaban J connectivity index is 2.02. The molecule has 0 aliphatic heterocycles. The molecular weight excluding hydrogens is 372 g/mol. The van der Waals surface area contributed by atoms with Crippen LogP contribution in [0.1, 0.15) is 49.0 Å². The lowest BCUT2D eigenvalue weighted by atomic mass is 9.84. The molecule has 24 heavy (non-hydrogen) atoms. The minimum absolute atomic E-state index is 0.0625. The number of benzene rings is 1. The molecule has 6 nitrogen and oxygen atoms in total. The Labute approximate surface area is 149 Å². The molecule has 2 aromatic rings. The van der Waals surface area contributed by atoms with Crippen LogP contribution in [-0.2, 0) is 0 Å². The summed E-state index contributed by atoms with van der Waals surface area (Å²) in [5.41, 5.74) is 12.7. The molecule has 1 aromatic heterocycles. The summed E-state index contributed by atoms with van der Waals surface area (Å²) in [6, 6.07) is 7.57. The summed E-state index contributed by atoms with van der Waals surface area (Å²) >= 11 is 3.39. The van der Waals surface area contributed by atoms with Crippen molar-refractivity contribution in [2.75, 3.05) is 5.73 Å². The normalized spacial score (nSPS) is 24.0. The highest BCUT2D eigenvalue weighted by Gasteiger charge is 2.32. The molecule has 0 radical (unpaired) electrons. The molecule has 5 N–H and O–H groups in total. The third-order valence-electron chi connectivity index (χ3n) is 4.69. The Bertz CT molecular complexity index is 758. The maximum Gasteiger partial charge on any atom is 0.254 e. The first-order valence-electron chi connectivity index (χ1n) is 7.94. The second kappa shape index (κ2) is 6.22. The van der Waals surface area contributed by atoms with Gasteiger partial charge in [0.15, 0.2) is 0 Å². The van der Waals surface area contributed by atoms with E-state index in [2.05, 4.69) is 21.0 Å². The first-order valence-corrected chi connectivity index (χ1v) is 8.74. The summed E-state index contributed by atoms with van der Waals surface area (Å²) in [6.07, 6.45) is 2.88. The van der Waals surface area contributed by atoms with Gasteiger partial charge < -0.3 is 16.6 Å². The number of aliphatic hydroxyl groups is 1. The van der Waals surface area contributed by atoms with Crippen molar-refractivity contribution < 1.29 is 9.90 Å². The second-order valence-corrected chi connectivity index (χ2v) is 7.57. The quantitative estimate of drug-likeness (QED) is 0.745. The zero-order valence-electron chi connectivity index (χ0n) is 13.5. The molecular formula is C17H21BrN4O2. The van der Waals surface area contributed by atoms with Crippen LogP contribution in [0.5, 0.6) is 0 Å². The average molecular weight is 393 g/mol. The highest BCUT2D eigenvalue weighted by molar-refractivity contribution is 9.10. The van der Waals surface area contributed by atoms with Gasteiger partial charge in [-0.05, 0) is 44.7 Å². The van der Waals surface area contributed by atoms with Crippen molar-refractivity contribution in [1.82, 2.24) is 9.78 Å². The topological polar surface area (TPSA) is 107 Å². The van der Waals surface area contributed by atoms with Crippen molar-refractivity contribution >= 4 is 27.7 Å². The number of hydrogen-bond donors (Lipinski definition) is 3. The molecule has 1 heterocycles. The van der Waals surface area contributed by atoms with E-state index >= 15 is 0 Å². The monoisotopic (exact) mass is 392 g/mol. The molecule has 1 aliphatic rings. The minimum Gasteiger partial charge on any atom is -0.390 e. The summed E-state index contributed by atoms with van der Waals surface area (Å²) in [7, 11) is 0. The number of carbonyl (C=O) groups excluding carboxylic acids is 1. The minimum atomic E-state index is -0.639. The van der Waals surface area contributed by atoms with Crippen molar-refractivity contribution in [2.24, 2.45) is 5.73 Å². The molecule has 7 heteroatoms. The van der Waals surface area contributed by atoms with Crippen LogP contribution in [0.15, 0.2) is 28.7 Å². The van der Waals surface area contributed by atoms with Crippen molar-refractivity contribution in [3.05, 3.63) is 34.3 Å². The Hall–Kier alpha value is -1.86. The highest BCUT2D eigenvalue weighted by Crippen LogP contribution is 2.38. The average Bonchev–Trinajstić information content (AvgIpc) is 2.86. The number of aromatic nitrogens is 2. The van der Waals surface area contributed by atoms with Crippen LogP contribution in [0.2, 0.25) is 0 Å². The lowest BCUT2D eigenvalue weighted by Gasteiger charge is -2.33. The Morgan fingerprint density at radius 2 is 1.92 bits per heavy atom. The van der Waals surface area contributed by atoms with E-state index < -0.39 is 11.5 Å². The van der Waals surface area contributed by atoms with Gasteiger partial charge in [-0.15, -0.1) is 0 Å². The number of hydrogen-bond acceptors (Lipinski definition) is 4. The molecule has 1 saturated carbocycles. The van der Waals surface area contributed by atoms with Gasteiger partial charge in [0, 0.05) is 10.0 Å². The molecule has 128 valence electrons. The third-order valence-corrected chi connectivity index (χ3v) is 5.22. The molecule has 1 aromatic carbocycles. The van der Waals surface area contributed by atoms with Gasteiger partial charge in [-0.2, -0.15) is 5.10 Å². The predicted molar refractivity (Wildman–Crippen MR) is 96.4 cm³/mol. The smallest absolute Gasteiger partial charge is 0.254 e. The summed E-state index contributed by atoms with van der Waals surface area (Å²) in [4.78, 5) is 11.9. The van der Waals surface area contributed by atoms with Crippen LogP contribution >= 0.6 is 15.9 Å². The molecule has 0 unspecified atom stereocenters. The fourth-order valence-electron chi connectivity index (χ4n) is 3.25. The lowest BCUT2D eigenvalue weighted by molar-refractivity contribution is 0.00879. The van der Waals surface area contributed by atoms with Crippen LogP contribution < -0.4 is 11.5 Å². The van der Waals surface area contributed by atoms with E-state index in [0.717, 1.165) is 22.9 Å². The molecule has 0 spiro atoms. The van der Waals surface area contributed by atoms with Gasteiger partial charge in [0.2, 0.25) is 0 Å². The van der Waals surface area contributed by atoms with Crippen LogP contribution in [0.25, 0.3) is 11.3 Å². The number of anilines is 1. The Kier molecular flexibility index (Phi) is 4.40. The Morgan fingerprint density at radius 3 is 2.46 bits per heavy atom. The zero-order valence-corrected chi connectivity index (χ0v) is 15.1. The molecule has 0 saturated heterocycles. The first-order chi connectivity index (χ1) is 11.3. The van der Waals surface area contributed by atoms with E-state index in [1.165, 1.54) is 0 Å². The molecule has 0 bridgehead atoms. The number of halogens is 1. The predicted octanol–water partition coefficient (Wildman–Crippen LogP) is 2.86. The summed E-state index contributed by atoms with van der Waals surface area (Å²) in [6.45, 7) is 1.85. The van der Waals surface area contributed by atoms with Gasteiger partial charge in [0.25, 0.3) is 5.91 Å². The fourth-order valence-corrected chi connectivity index (χ4v) is 3.51. The van der Waals surface area contributed by atoms with E-state index in [9.17, 15) is 9.90 Å². The third kappa shape index (κ3) is 3.18. The van der Waals surface area contributed by atoms with Crippen LogP contribution in [0, 0.1) is 0 Å². The maximum absolute atomic E-state index is 11.9.